The maximum atomic E-state index is 6.27. The van der Waals surface area contributed by atoms with Gasteiger partial charge in [-0.2, -0.15) is 4.98 Å². The van der Waals surface area contributed by atoms with Crippen molar-refractivity contribution in [1.82, 2.24) is 9.55 Å². The maximum absolute atomic E-state index is 6.27. The van der Waals surface area contributed by atoms with E-state index in [0.29, 0.717) is 6.01 Å². The molecule has 35 heavy (non-hydrogen) atoms. The standard InChI is InChI=1S/C32H22N2O/c1-32(2)23-17-18-26-29(28(23)22-16-15-19-9-3-4-10-20(19)30(22)32)21-11-5-7-13-25(21)34(26)31-33-24-12-6-8-14-27(24)35-31/h3-18H,1-2H3. The second-order valence-electron chi connectivity index (χ2n) is 10.0. The Morgan fingerprint density at radius 3 is 2.37 bits per heavy atom. The van der Waals surface area contributed by atoms with Crippen LogP contribution in [0.15, 0.2) is 101 Å². The molecular weight excluding hydrogens is 428 g/mol. The molecule has 5 aromatic carbocycles. The van der Waals surface area contributed by atoms with Crippen molar-refractivity contribution >= 4 is 43.7 Å². The van der Waals surface area contributed by atoms with Crippen LogP contribution in [0.4, 0.5) is 0 Å². The molecule has 0 amide bonds. The fourth-order valence-corrected chi connectivity index (χ4v) is 6.31. The number of fused-ring (bicyclic) bond motifs is 10. The minimum atomic E-state index is -0.0967. The lowest BCUT2D eigenvalue weighted by atomic mass is 9.80. The molecule has 0 radical (unpaired) electrons. The molecule has 2 aromatic heterocycles. The van der Waals surface area contributed by atoms with Crippen LogP contribution < -0.4 is 0 Å². The topological polar surface area (TPSA) is 31.0 Å². The van der Waals surface area contributed by atoms with Gasteiger partial charge in [-0.25, -0.2) is 0 Å². The number of hydrogen-bond donors (Lipinski definition) is 0. The van der Waals surface area contributed by atoms with Crippen molar-refractivity contribution in [1.29, 1.82) is 0 Å². The molecule has 0 unspecified atom stereocenters. The molecule has 166 valence electrons. The van der Waals surface area contributed by atoms with Gasteiger partial charge >= 0.3 is 6.01 Å². The minimum Gasteiger partial charge on any atom is -0.423 e. The van der Waals surface area contributed by atoms with E-state index in [1.54, 1.807) is 0 Å². The Kier molecular flexibility index (Phi) is 3.47. The first-order valence-electron chi connectivity index (χ1n) is 12.1. The Hall–Kier alpha value is -4.37. The summed E-state index contributed by atoms with van der Waals surface area (Å²) in [6, 6.07) is 35.0. The van der Waals surface area contributed by atoms with Crippen molar-refractivity contribution < 1.29 is 4.42 Å². The van der Waals surface area contributed by atoms with Gasteiger partial charge in [0.05, 0.1) is 11.0 Å². The lowest BCUT2D eigenvalue weighted by Crippen LogP contribution is -2.15. The van der Waals surface area contributed by atoms with E-state index in [4.69, 9.17) is 9.40 Å². The van der Waals surface area contributed by atoms with Crippen LogP contribution in [0, 0.1) is 0 Å². The molecular formula is C32H22N2O. The summed E-state index contributed by atoms with van der Waals surface area (Å²) in [7, 11) is 0. The van der Waals surface area contributed by atoms with Gasteiger partial charge in [0.1, 0.15) is 5.52 Å². The van der Waals surface area contributed by atoms with Gasteiger partial charge in [-0.15, -0.1) is 0 Å². The summed E-state index contributed by atoms with van der Waals surface area (Å²) in [5, 5.41) is 5.11. The Morgan fingerprint density at radius 1 is 0.714 bits per heavy atom. The fraction of sp³-hybridized carbons (Fsp3) is 0.0938. The van der Waals surface area contributed by atoms with Crippen molar-refractivity contribution in [3.8, 4) is 17.1 Å². The molecule has 0 saturated carbocycles. The largest absolute Gasteiger partial charge is 0.423 e. The summed E-state index contributed by atoms with van der Waals surface area (Å²) in [4.78, 5) is 4.86. The zero-order valence-corrected chi connectivity index (χ0v) is 19.5. The molecule has 3 heteroatoms. The molecule has 3 nitrogen and oxygen atoms in total. The van der Waals surface area contributed by atoms with Gasteiger partial charge in [-0.05, 0) is 57.3 Å². The van der Waals surface area contributed by atoms with Crippen molar-refractivity contribution in [2.45, 2.75) is 19.3 Å². The zero-order chi connectivity index (χ0) is 23.3. The number of benzene rings is 5. The summed E-state index contributed by atoms with van der Waals surface area (Å²) in [6.45, 7) is 4.71. The Morgan fingerprint density at radius 2 is 1.49 bits per heavy atom. The van der Waals surface area contributed by atoms with E-state index in [1.165, 1.54) is 43.8 Å². The van der Waals surface area contributed by atoms with Gasteiger partial charge in [0, 0.05) is 16.2 Å². The minimum absolute atomic E-state index is 0.0967. The Balaban J connectivity index is 1.55. The average Bonchev–Trinajstić information content (AvgIpc) is 3.52. The van der Waals surface area contributed by atoms with E-state index < -0.39 is 0 Å². The van der Waals surface area contributed by atoms with Crippen LogP contribution in [0.3, 0.4) is 0 Å². The molecule has 1 aliphatic rings. The van der Waals surface area contributed by atoms with Crippen LogP contribution in [-0.2, 0) is 5.41 Å². The van der Waals surface area contributed by atoms with Crippen LogP contribution in [0.2, 0.25) is 0 Å². The smallest absolute Gasteiger partial charge is 0.307 e. The highest BCUT2D eigenvalue weighted by molar-refractivity contribution is 6.18. The predicted molar refractivity (Wildman–Crippen MR) is 143 cm³/mol. The molecule has 2 heterocycles. The third kappa shape index (κ3) is 2.33. The van der Waals surface area contributed by atoms with Crippen LogP contribution in [0.5, 0.6) is 0 Å². The van der Waals surface area contributed by atoms with Crippen molar-refractivity contribution in [3.05, 3.63) is 108 Å². The summed E-state index contributed by atoms with van der Waals surface area (Å²) >= 11 is 0. The average molecular weight is 451 g/mol. The molecule has 0 bridgehead atoms. The van der Waals surface area contributed by atoms with Crippen LogP contribution in [0.25, 0.3) is 60.8 Å². The SMILES string of the molecule is CC1(C)c2ccc3c(c2-c2ccc4ccccc4c21)c1ccccc1n3-c1nc2ccccc2o1. The Bertz CT molecular complexity index is 1950. The number of aromatic nitrogens is 2. The molecule has 0 atom stereocenters. The number of rotatable bonds is 1. The van der Waals surface area contributed by atoms with Gasteiger partial charge < -0.3 is 4.42 Å². The molecule has 8 rings (SSSR count). The second kappa shape index (κ2) is 6.39. The monoisotopic (exact) mass is 450 g/mol. The van der Waals surface area contributed by atoms with Crippen molar-refractivity contribution in [2.75, 3.05) is 0 Å². The number of hydrogen-bond acceptors (Lipinski definition) is 2. The molecule has 0 fully saturated rings. The number of para-hydroxylation sites is 3. The van der Waals surface area contributed by atoms with Crippen LogP contribution >= 0.6 is 0 Å². The van der Waals surface area contributed by atoms with Gasteiger partial charge in [0.25, 0.3) is 0 Å². The predicted octanol–water partition coefficient (Wildman–Crippen LogP) is 8.38. The van der Waals surface area contributed by atoms with Gasteiger partial charge in [0.2, 0.25) is 0 Å². The lowest BCUT2D eigenvalue weighted by Gasteiger charge is -2.23. The first-order valence-corrected chi connectivity index (χ1v) is 12.1. The van der Waals surface area contributed by atoms with E-state index in [9.17, 15) is 0 Å². The van der Waals surface area contributed by atoms with Crippen molar-refractivity contribution in [2.24, 2.45) is 0 Å². The molecule has 0 saturated heterocycles. The molecule has 7 aromatic rings. The maximum Gasteiger partial charge on any atom is 0.307 e. The van der Waals surface area contributed by atoms with Gasteiger partial charge in [-0.3, -0.25) is 4.57 Å². The molecule has 0 aliphatic heterocycles. The van der Waals surface area contributed by atoms with Gasteiger partial charge in [-0.1, -0.05) is 86.6 Å². The van der Waals surface area contributed by atoms with E-state index in [2.05, 4.69) is 91.2 Å². The first-order chi connectivity index (χ1) is 17.1. The highest BCUT2D eigenvalue weighted by Gasteiger charge is 2.38. The third-order valence-electron chi connectivity index (χ3n) is 7.81. The number of nitrogens with zero attached hydrogens (tertiary/aromatic N) is 2. The van der Waals surface area contributed by atoms with E-state index in [-0.39, 0.29) is 5.41 Å². The van der Waals surface area contributed by atoms with E-state index in [0.717, 1.165) is 22.1 Å². The quantitative estimate of drug-likeness (QED) is 0.251. The lowest BCUT2D eigenvalue weighted by molar-refractivity contribution is 0.574. The number of oxazole rings is 1. The van der Waals surface area contributed by atoms with E-state index >= 15 is 0 Å². The highest BCUT2D eigenvalue weighted by Crippen LogP contribution is 2.55. The summed E-state index contributed by atoms with van der Waals surface area (Å²) in [5.41, 5.74) is 9.24. The van der Waals surface area contributed by atoms with E-state index in [1.807, 2.05) is 24.3 Å². The molecule has 0 spiro atoms. The summed E-state index contributed by atoms with van der Waals surface area (Å²) in [5.74, 6) is 0. The summed E-state index contributed by atoms with van der Waals surface area (Å²) < 4.78 is 8.45. The van der Waals surface area contributed by atoms with Crippen LogP contribution in [-0.4, -0.2) is 9.55 Å². The Labute approximate surface area is 202 Å². The molecule has 1 aliphatic carbocycles. The van der Waals surface area contributed by atoms with Crippen LogP contribution in [0.1, 0.15) is 25.0 Å². The first kappa shape index (κ1) is 19.0. The van der Waals surface area contributed by atoms with Gasteiger partial charge in [0.15, 0.2) is 5.58 Å². The summed E-state index contributed by atoms with van der Waals surface area (Å²) in [6.07, 6.45) is 0. The highest BCUT2D eigenvalue weighted by atomic mass is 16.4. The fourth-order valence-electron chi connectivity index (χ4n) is 6.31. The second-order valence-corrected chi connectivity index (χ2v) is 10.0. The molecule has 0 N–H and O–H groups in total. The third-order valence-corrected chi connectivity index (χ3v) is 7.81. The normalized spacial score (nSPS) is 14.2. The zero-order valence-electron chi connectivity index (χ0n) is 19.5. The van der Waals surface area contributed by atoms with Crippen molar-refractivity contribution in [3.63, 3.8) is 0 Å².